The van der Waals surface area contributed by atoms with Crippen LogP contribution in [0.3, 0.4) is 0 Å². The summed E-state index contributed by atoms with van der Waals surface area (Å²) in [4.78, 5) is 0. The summed E-state index contributed by atoms with van der Waals surface area (Å²) >= 11 is 0. The number of unbranched alkanes of at least 4 members (excludes halogenated alkanes) is 4. The molecule has 0 aliphatic rings. The summed E-state index contributed by atoms with van der Waals surface area (Å²) in [6.07, 6.45) is 7.67. The van der Waals surface area contributed by atoms with E-state index in [1.807, 2.05) is 0 Å². The van der Waals surface area contributed by atoms with Crippen LogP contribution in [0.15, 0.2) is 0 Å². The van der Waals surface area contributed by atoms with Gasteiger partial charge < -0.3 is 18.9 Å². The molecule has 0 spiro atoms. The summed E-state index contributed by atoms with van der Waals surface area (Å²) < 4.78 is 22.1. The van der Waals surface area contributed by atoms with Gasteiger partial charge in [-0.15, -0.1) is 0 Å². The van der Waals surface area contributed by atoms with E-state index in [0.29, 0.717) is 0 Å². The quantitative estimate of drug-likeness (QED) is 0.111. The third-order valence-electron chi connectivity index (χ3n) is 4.27. The summed E-state index contributed by atoms with van der Waals surface area (Å²) in [6, 6.07) is 2.51. The molecule has 4 nitrogen and oxygen atoms in total. The highest BCUT2D eigenvalue weighted by molar-refractivity contribution is 9.26. The lowest BCUT2D eigenvalue weighted by molar-refractivity contribution is -0.0727. The van der Waals surface area contributed by atoms with Gasteiger partial charge in [-0.25, -0.2) is 0 Å². The summed E-state index contributed by atoms with van der Waals surface area (Å²) in [5.74, 6) is 0. The molecule has 0 N–H and O–H groups in total. The molecule has 158 valence electrons. The number of methoxy groups -OCH3 is 4. The lowest BCUT2D eigenvalue weighted by atomic mass is 10.3. The van der Waals surface area contributed by atoms with E-state index in [2.05, 4.69) is 13.8 Å². The first kappa shape index (κ1) is 27.7. The molecule has 0 aromatic rings. The molecular formula is C16H38O4S4Si2. The van der Waals surface area contributed by atoms with Gasteiger partial charge in [0.05, 0.1) is 0 Å². The van der Waals surface area contributed by atoms with Gasteiger partial charge in [0, 0.05) is 28.4 Å². The topological polar surface area (TPSA) is 36.9 Å². The van der Waals surface area contributed by atoms with Crippen molar-refractivity contribution in [1.82, 2.24) is 0 Å². The van der Waals surface area contributed by atoms with Crippen LogP contribution in [0.1, 0.15) is 52.4 Å². The molecule has 0 heterocycles. The maximum absolute atomic E-state index is 5.75. The van der Waals surface area contributed by atoms with Gasteiger partial charge in [-0.3, -0.25) is 0 Å². The smallest absolute Gasteiger partial charge is 0.200 e. The van der Waals surface area contributed by atoms with Crippen molar-refractivity contribution in [3.05, 3.63) is 0 Å². The minimum atomic E-state index is -0.473. The molecular weight excluding hydrogens is 441 g/mol. The molecule has 0 rings (SSSR count). The van der Waals surface area contributed by atoms with Crippen molar-refractivity contribution >= 4 is 60.3 Å². The monoisotopic (exact) mass is 478 g/mol. The van der Waals surface area contributed by atoms with E-state index in [1.165, 1.54) is 50.6 Å². The van der Waals surface area contributed by atoms with Crippen molar-refractivity contribution in [2.45, 2.75) is 73.9 Å². The standard InChI is InChI=1S/C16H38O4S4Si2/c1-7-9-11-13-25-15(17-3,18-4)21-23-24-22-16(19-5,20-6)26-14-12-10-8-2/h7-14,25-26H2,1-6H3. The van der Waals surface area contributed by atoms with Crippen molar-refractivity contribution in [2.24, 2.45) is 0 Å². The summed E-state index contributed by atoms with van der Waals surface area (Å²) in [5.41, 5.74) is 0. The minimum Gasteiger partial charge on any atom is -0.348 e. The Hall–Kier alpha value is 1.67. The van der Waals surface area contributed by atoms with Crippen LogP contribution < -0.4 is 0 Å². The Balaban J connectivity index is 4.35. The molecule has 0 amide bonds. The highest BCUT2D eigenvalue weighted by Crippen LogP contribution is 2.53. The fraction of sp³-hybridized carbons (Fsp3) is 1.00. The van der Waals surface area contributed by atoms with Gasteiger partial charge in [0.15, 0.2) is 9.48 Å². The Morgan fingerprint density at radius 1 is 0.615 bits per heavy atom. The second-order valence-corrected chi connectivity index (χ2v) is 17.5. The first-order chi connectivity index (χ1) is 12.6. The first-order valence-electron chi connectivity index (χ1n) is 9.48. The Morgan fingerprint density at radius 2 is 0.962 bits per heavy atom. The Labute approximate surface area is 181 Å². The lowest BCUT2D eigenvalue weighted by Crippen LogP contribution is -2.36. The second kappa shape index (κ2) is 17.5. The van der Waals surface area contributed by atoms with E-state index in [-0.39, 0.29) is 0 Å². The molecule has 0 aromatic carbocycles. The van der Waals surface area contributed by atoms with Crippen LogP contribution in [0.5, 0.6) is 0 Å². The van der Waals surface area contributed by atoms with Crippen molar-refractivity contribution in [3.8, 4) is 0 Å². The molecule has 0 saturated heterocycles. The molecule has 0 radical (unpaired) electrons. The third-order valence-corrected chi connectivity index (χ3v) is 18.4. The number of ether oxygens (including phenoxy) is 4. The largest absolute Gasteiger partial charge is 0.348 e. The van der Waals surface area contributed by atoms with Crippen LogP contribution in [0, 0.1) is 0 Å². The van der Waals surface area contributed by atoms with Crippen molar-refractivity contribution in [2.75, 3.05) is 28.4 Å². The van der Waals surface area contributed by atoms with E-state index in [9.17, 15) is 0 Å². The van der Waals surface area contributed by atoms with E-state index in [0.717, 1.165) is 0 Å². The minimum absolute atomic E-state index is 0.437. The van der Waals surface area contributed by atoms with Crippen LogP contribution in [0.2, 0.25) is 12.1 Å². The molecule has 0 aliphatic heterocycles. The molecule has 0 aliphatic carbocycles. The summed E-state index contributed by atoms with van der Waals surface area (Å²) in [5, 5.41) is 0. The number of hydrogen-bond donors (Lipinski definition) is 0. The van der Waals surface area contributed by atoms with Crippen LogP contribution in [0.25, 0.3) is 0 Å². The number of hydrogen-bond acceptors (Lipinski definition) is 8. The number of rotatable bonds is 19. The third kappa shape index (κ3) is 11.6. The van der Waals surface area contributed by atoms with Crippen LogP contribution in [-0.4, -0.2) is 57.0 Å². The van der Waals surface area contributed by atoms with E-state index in [4.69, 9.17) is 18.9 Å². The average molecular weight is 479 g/mol. The van der Waals surface area contributed by atoms with Crippen LogP contribution >= 0.6 is 41.2 Å². The Kier molecular flexibility index (Phi) is 18.7. The molecule has 0 bridgehead atoms. The zero-order valence-corrected chi connectivity index (χ0v) is 23.4. The average Bonchev–Trinajstić information content (AvgIpc) is 2.69. The predicted octanol–water partition coefficient (Wildman–Crippen LogP) is 5.03. The van der Waals surface area contributed by atoms with Gasteiger partial charge in [-0.1, -0.05) is 64.5 Å². The molecule has 0 aromatic heterocycles. The molecule has 10 heteroatoms. The van der Waals surface area contributed by atoms with Crippen LogP contribution in [0.4, 0.5) is 0 Å². The summed E-state index contributed by atoms with van der Waals surface area (Å²) in [6.45, 7) is 4.48. The van der Waals surface area contributed by atoms with Gasteiger partial charge in [0.1, 0.15) is 19.0 Å². The van der Waals surface area contributed by atoms with E-state index in [1.54, 1.807) is 69.7 Å². The zero-order valence-electron chi connectivity index (χ0n) is 17.3. The maximum atomic E-state index is 5.75. The maximum Gasteiger partial charge on any atom is 0.200 e. The predicted molar refractivity (Wildman–Crippen MR) is 130 cm³/mol. The van der Waals surface area contributed by atoms with Crippen molar-refractivity contribution < 1.29 is 18.9 Å². The molecule has 0 fully saturated rings. The fourth-order valence-electron chi connectivity index (χ4n) is 2.46. The normalized spacial score (nSPS) is 13.6. The Bertz CT molecular complexity index is 293. The highest BCUT2D eigenvalue weighted by atomic mass is 33.7. The van der Waals surface area contributed by atoms with Crippen molar-refractivity contribution in [3.63, 3.8) is 0 Å². The molecule has 0 saturated carbocycles. The molecule has 0 atom stereocenters. The van der Waals surface area contributed by atoms with Crippen LogP contribution in [-0.2, 0) is 18.9 Å². The Morgan fingerprint density at radius 3 is 1.23 bits per heavy atom. The SMILES string of the molecule is CCCCC[SiH2]C(OC)(OC)SSSSC(OC)(OC)[SiH2]CCCCC. The zero-order chi connectivity index (χ0) is 19.7. The first-order valence-corrected chi connectivity index (χ1v) is 17.7. The summed E-state index contributed by atoms with van der Waals surface area (Å²) in [7, 11) is 12.9. The van der Waals surface area contributed by atoms with Gasteiger partial charge >= 0.3 is 0 Å². The highest BCUT2D eigenvalue weighted by Gasteiger charge is 2.34. The molecule has 26 heavy (non-hydrogen) atoms. The second-order valence-electron chi connectivity index (χ2n) is 6.11. The van der Waals surface area contributed by atoms with Gasteiger partial charge in [0.25, 0.3) is 0 Å². The van der Waals surface area contributed by atoms with Gasteiger partial charge in [-0.2, -0.15) is 0 Å². The van der Waals surface area contributed by atoms with Crippen molar-refractivity contribution in [1.29, 1.82) is 0 Å². The fourth-order valence-corrected chi connectivity index (χ4v) is 17.0. The molecule has 0 unspecified atom stereocenters. The van der Waals surface area contributed by atoms with Gasteiger partial charge in [-0.05, 0) is 41.2 Å². The lowest BCUT2D eigenvalue weighted by Gasteiger charge is -2.31. The van der Waals surface area contributed by atoms with E-state index >= 15 is 0 Å². The van der Waals surface area contributed by atoms with E-state index < -0.39 is 28.5 Å². The van der Waals surface area contributed by atoms with Gasteiger partial charge in [0.2, 0.25) is 0 Å².